The summed E-state index contributed by atoms with van der Waals surface area (Å²) in [5.41, 5.74) is 5.64. The number of benzene rings is 1. The predicted octanol–water partition coefficient (Wildman–Crippen LogP) is 0.926. The van der Waals surface area contributed by atoms with E-state index in [9.17, 15) is 14.4 Å². The normalized spacial score (nSPS) is 12.4. The number of aromatic nitrogens is 4. The van der Waals surface area contributed by atoms with Gasteiger partial charge in [0.1, 0.15) is 0 Å². The van der Waals surface area contributed by atoms with Gasteiger partial charge in [0, 0.05) is 19.0 Å². The maximum Gasteiger partial charge on any atom is 0.262 e. The van der Waals surface area contributed by atoms with E-state index < -0.39 is 5.91 Å². The average molecular weight is 402 g/mol. The SMILES string of the molecule is CCC(C)NC(=O)CCn1c(=O)c2ccccc2n2c(SCC(N)=O)nnc12. The van der Waals surface area contributed by atoms with E-state index in [-0.39, 0.29) is 36.2 Å². The van der Waals surface area contributed by atoms with Gasteiger partial charge in [0.25, 0.3) is 5.56 Å². The molecule has 1 aromatic carbocycles. The van der Waals surface area contributed by atoms with Gasteiger partial charge in [-0.25, -0.2) is 0 Å². The fraction of sp³-hybridized carbons (Fsp3) is 0.389. The number of hydrogen-bond donors (Lipinski definition) is 2. The predicted molar refractivity (Wildman–Crippen MR) is 107 cm³/mol. The monoisotopic (exact) mass is 402 g/mol. The van der Waals surface area contributed by atoms with Gasteiger partial charge in [0.2, 0.25) is 17.6 Å². The van der Waals surface area contributed by atoms with E-state index in [0.717, 1.165) is 18.2 Å². The van der Waals surface area contributed by atoms with Gasteiger partial charge in [-0.3, -0.25) is 23.4 Å². The van der Waals surface area contributed by atoms with E-state index in [2.05, 4.69) is 15.5 Å². The highest BCUT2D eigenvalue weighted by Gasteiger charge is 2.18. The van der Waals surface area contributed by atoms with Gasteiger partial charge < -0.3 is 11.1 Å². The molecule has 2 heterocycles. The van der Waals surface area contributed by atoms with Gasteiger partial charge in [-0.1, -0.05) is 30.8 Å². The molecule has 0 fully saturated rings. The summed E-state index contributed by atoms with van der Waals surface area (Å²) in [5.74, 6) is -0.227. The molecular formula is C18H22N6O3S. The van der Waals surface area contributed by atoms with Crippen LogP contribution in [0.5, 0.6) is 0 Å². The van der Waals surface area contributed by atoms with Crippen molar-refractivity contribution in [1.82, 2.24) is 24.5 Å². The maximum absolute atomic E-state index is 13.0. The molecule has 2 amide bonds. The summed E-state index contributed by atoms with van der Waals surface area (Å²) < 4.78 is 3.16. The number of nitrogens with zero attached hydrogens (tertiary/aromatic N) is 4. The molecule has 2 aromatic heterocycles. The minimum absolute atomic E-state index is 0.0472. The summed E-state index contributed by atoms with van der Waals surface area (Å²) in [5, 5.41) is 12.1. The lowest BCUT2D eigenvalue weighted by Gasteiger charge is -2.13. The zero-order valence-electron chi connectivity index (χ0n) is 15.7. The highest BCUT2D eigenvalue weighted by molar-refractivity contribution is 7.99. The molecule has 10 heteroatoms. The van der Waals surface area contributed by atoms with Crippen LogP contribution in [0.1, 0.15) is 26.7 Å². The van der Waals surface area contributed by atoms with Gasteiger partial charge in [0.15, 0.2) is 5.16 Å². The number of nitrogens with one attached hydrogen (secondary N) is 1. The average Bonchev–Trinajstić information content (AvgIpc) is 3.10. The fourth-order valence-electron chi connectivity index (χ4n) is 2.83. The van der Waals surface area contributed by atoms with Gasteiger partial charge in [0.05, 0.1) is 16.7 Å². The molecule has 0 aliphatic carbocycles. The van der Waals surface area contributed by atoms with E-state index in [0.29, 0.717) is 21.8 Å². The highest BCUT2D eigenvalue weighted by Crippen LogP contribution is 2.21. The number of primary amides is 1. The number of fused-ring (bicyclic) bond motifs is 3. The molecule has 0 aliphatic heterocycles. The van der Waals surface area contributed by atoms with Crippen molar-refractivity contribution in [1.29, 1.82) is 0 Å². The molecule has 3 rings (SSSR count). The van der Waals surface area contributed by atoms with Crippen LogP contribution in [-0.4, -0.2) is 42.8 Å². The first kappa shape index (κ1) is 19.9. The smallest absolute Gasteiger partial charge is 0.262 e. The largest absolute Gasteiger partial charge is 0.369 e. The summed E-state index contributed by atoms with van der Waals surface area (Å²) >= 11 is 1.15. The maximum atomic E-state index is 13.0. The Morgan fingerprint density at radius 1 is 1.29 bits per heavy atom. The molecule has 1 atom stereocenters. The lowest BCUT2D eigenvalue weighted by Crippen LogP contribution is -2.33. The second-order valence-corrected chi connectivity index (χ2v) is 7.42. The molecule has 28 heavy (non-hydrogen) atoms. The zero-order valence-corrected chi connectivity index (χ0v) is 16.5. The van der Waals surface area contributed by atoms with Crippen molar-refractivity contribution >= 4 is 40.3 Å². The van der Waals surface area contributed by atoms with Crippen molar-refractivity contribution < 1.29 is 9.59 Å². The molecule has 9 nitrogen and oxygen atoms in total. The molecule has 0 aliphatic rings. The lowest BCUT2D eigenvalue weighted by molar-refractivity contribution is -0.122. The minimum Gasteiger partial charge on any atom is -0.369 e. The van der Waals surface area contributed by atoms with E-state index in [4.69, 9.17) is 5.73 Å². The molecule has 0 spiro atoms. The second kappa shape index (κ2) is 8.42. The molecule has 1 unspecified atom stereocenters. The van der Waals surface area contributed by atoms with Crippen LogP contribution in [0, 0.1) is 0 Å². The summed E-state index contributed by atoms with van der Waals surface area (Å²) in [4.78, 5) is 36.3. The van der Waals surface area contributed by atoms with E-state index in [1.54, 1.807) is 22.6 Å². The van der Waals surface area contributed by atoms with Gasteiger partial charge in [-0.15, -0.1) is 10.2 Å². The van der Waals surface area contributed by atoms with Crippen molar-refractivity contribution in [3.8, 4) is 0 Å². The Kier molecular flexibility index (Phi) is 5.98. The quantitative estimate of drug-likeness (QED) is 0.540. The summed E-state index contributed by atoms with van der Waals surface area (Å²) in [7, 11) is 0. The van der Waals surface area contributed by atoms with Crippen LogP contribution < -0.4 is 16.6 Å². The summed E-state index contributed by atoms with van der Waals surface area (Å²) in [6.07, 6.45) is 0.978. The molecule has 3 aromatic rings. The van der Waals surface area contributed by atoms with Crippen LogP contribution in [0.2, 0.25) is 0 Å². The van der Waals surface area contributed by atoms with Crippen LogP contribution in [0.4, 0.5) is 0 Å². The third-order valence-corrected chi connectivity index (χ3v) is 5.36. The van der Waals surface area contributed by atoms with Crippen molar-refractivity contribution in [2.24, 2.45) is 5.73 Å². The number of carbonyl (C=O) groups is 2. The lowest BCUT2D eigenvalue weighted by atomic mass is 10.2. The Bertz CT molecular complexity index is 1090. The summed E-state index contributed by atoms with van der Waals surface area (Å²) in [6, 6.07) is 7.17. The van der Waals surface area contributed by atoms with Crippen LogP contribution in [0.15, 0.2) is 34.2 Å². The molecule has 148 valence electrons. The number of aryl methyl sites for hydroxylation is 1. The number of hydrogen-bond acceptors (Lipinski definition) is 6. The Morgan fingerprint density at radius 3 is 2.75 bits per heavy atom. The second-order valence-electron chi connectivity index (χ2n) is 6.47. The molecule has 0 saturated carbocycles. The molecular weight excluding hydrogens is 380 g/mol. The Hall–Kier alpha value is -2.88. The first-order valence-corrected chi connectivity index (χ1v) is 9.98. The van der Waals surface area contributed by atoms with Crippen LogP contribution in [-0.2, 0) is 16.1 Å². The zero-order chi connectivity index (χ0) is 20.3. The minimum atomic E-state index is -0.471. The Labute approximate surface area is 165 Å². The molecule has 0 saturated heterocycles. The van der Waals surface area contributed by atoms with Crippen molar-refractivity contribution in [2.75, 3.05) is 5.75 Å². The van der Waals surface area contributed by atoms with Gasteiger partial charge in [-0.05, 0) is 25.5 Å². The number of rotatable bonds is 8. The standard InChI is InChI=1S/C18H22N6O3S/c1-3-11(2)20-15(26)8-9-23-16(27)12-6-4-5-7-13(12)24-17(23)21-22-18(24)28-10-14(19)25/h4-7,11H,3,8-10H2,1-2H3,(H2,19,25)(H,20,26). The van der Waals surface area contributed by atoms with Crippen molar-refractivity contribution in [3.05, 3.63) is 34.6 Å². The third kappa shape index (κ3) is 4.01. The first-order valence-electron chi connectivity index (χ1n) is 8.99. The topological polar surface area (TPSA) is 124 Å². The van der Waals surface area contributed by atoms with Crippen molar-refractivity contribution in [2.45, 2.75) is 44.4 Å². The van der Waals surface area contributed by atoms with E-state index >= 15 is 0 Å². The van der Waals surface area contributed by atoms with Crippen LogP contribution >= 0.6 is 11.8 Å². The first-order chi connectivity index (χ1) is 13.4. The number of nitrogens with two attached hydrogens (primary N) is 1. The van der Waals surface area contributed by atoms with Gasteiger partial charge in [-0.2, -0.15) is 0 Å². The fourth-order valence-corrected chi connectivity index (χ4v) is 3.51. The number of para-hydroxylation sites is 1. The number of thioether (sulfide) groups is 1. The molecule has 0 radical (unpaired) electrons. The Morgan fingerprint density at radius 2 is 2.04 bits per heavy atom. The highest BCUT2D eigenvalue weighted by atomic mass is 32.2. The molecule has 0 bridgehead atoms. The van der Waals surface area contributed by atoms with Crippen molar-refractivity contribution in [3.63, 3.8) is 0 Å². The van der Waals surface area contributed by atoms with Crippen LogP contribution in [0.25, 0.3) is 16.7 Å². The van der Waals surface area contributed by atoms with Crippen LogP contribution in [0.3, 0.4) is 0 Å². The van der Waals surface area contributed by atoms with E-state index in [1.807, 2.05) is 19.9 Å². The summed E-state index contributed by atoms with van der Waals surface area (Å²) in [6.45, 7) is 4.09. The number of carbonyl (C=O) groups excluding carboxylic acids is 2. The van der Waals surface area contributed by atoms with E-state index in [1.165, 1.54) is 4.57 Å². The third-order valence-electron chi connectivity index (χ3n) is 4.40. The Balaban J connectivity index is 2.04. The molecule has 3 N–H and O–H groups in total. The van der Waals surface area contributed by atoms with Gasteiger partial charge >= 0.3 is 0 Å². The number of amides is 2.